The number of hydrogen-bond donors (Lipinski definition) is 1. The summed E-state index contributed by atoms with van der Waals surface area (Å²) in [5, 5.41) is 2.03. The highest BCUT2D eigenvalue weighted by molar-refractivity contribution is 6.17. The first-order valence-electron chi connectivity index (χ1n) is 7.60. The van der Waals surface area contributed by atoms with Gasteiger partial charge in [-0.2, -0.15) is 0 Å². The van der Waals surface area contributed by atoms with E-state index in [4.69, 9.17) is 0 Å². The molecule has 2 nitrogen and oxygen atoms in total. The molecule has 2 heteroatoms. The van der Waals surface area contributed by atoms with E-state index in [1.807, 2.05) is 66.7 Å². The number of carbonyl (C=O) groups excluding carboxylic acids is 1. The first-order chi connectivity index (χ1) is 11.3. The summed E-state index contributed by atoms with van der Waals surface area (Å²) in [4.78, 5) is 16.2. The van der Waals surface area contributed by atoms with Crippen LogP contribution in [0, 0.1) is 0 Å². The van der Waals surface area contributed by atoms with Crippen molar-refractivity contribution in [3.8, 4) is 11.3 Å². The second-order valence-electron chi connectivity index (χ2n) is 5.48. The second kappa shape index (κ2) is 5.58. The Morgan fingerprint density at radius 3 is 1.91 bits per heavy atom. The van der Waals surface area contributed by atoms with Crippen LogP contribution in [-0.2, 0) is 0 Å². The number of hydrogen-bond acceptors (Lipinski definition) is 1. The Labute approximate surface area is 134 Å². The molecule has 23 heavy (non-hydrogen) atoms. The van der Waals surface area contributed by atoms with E-state index in [1.165, 1.54) is 0 Å². The van der Waals surface area contributed by atoms with Crippen LogP contribution >= 0.6 is 0 Å². The molecule has 0 saturated carbocycles. The fourth-order valence-electron chi connectivity index (χ4n) is 2.92. The van der Waals surface area contributed by atoms with Gasteiger partial charge in [-0.15, -0.1) is 0 Å². The molecule has 4 rings (SSSR count). The van der Waals surface area contributed by atoms with Crippen LogP contribution in [0.1, 0.15) is 16.1 Å². The Bertz CT molecular complexity index is 969. The van der Waals surface area contributed by atoms with Crippen LogP contribution in [0.25, 0.3) is 22.0 Å². The Hall–Kier alpha value is -3.13. The van der Waals surface area contributed by atoms with Crippen molar-refractivity contribution >= 4 is 16.6 Å². The maximum atomic E-state index is 12.9. The van der Waals surface area contributed by atoms with Crippen molar-refractivity contribution in [3.05, 3.63) is 96.2 Å². The van der Waals surface area contributed by atoms with Crippen molar-refractivity contribution in [1.82, 2.24) is 4.98 Å². The van der Waals surface area contributed by atoms with Gasteiger partial charge in [-0.05, 0) is 5.56 Å². The molecule has 0 unspecified atom stereocenters. The maximum Gasteiger partial charge on any atom is 0.209 e. The van der Waals surface area contributed by atoms with Gasteiger partial charge in [0.15, 0.2) is 0 Å². The minimum Gasteiger partial charge on any atom is -0.351 e. The van der Waals surface area contributed by atoms with E-state index in [1.54, 1.807) is 0 Å². The Morgan fingerprint density at radius 1 is 0.652 bits per heavy atom. The summed E-state index contributed by atoms with van der Waals surface area (Å²) < 4.78 is 0. The number of ketones is 1. The van der Waals surface area contributed by atoms with Gasteiger partial charge in [0, 0.05) is 16.3 Å². The van der Waals surface area contributed by atoms with Crippen LogP contribution in [0.2, 0.25) is 0 Å². The molecule has 1 aromatic heterocycles. The van der Waals surface area contributed by atoms with Crippen LogP contribution in [-0.4, -0.2) is 10.8 Å². The molecule has 110 valence electrons. The highest BCUT2D eigenvalue weighted by Crippen LogP contribution is 2.31. The predicted octanol–water partition coefficient (Wildman–Crippen LogP) is 5.07. The molecular formula is C21H15NO. The van der Waals surface area contributed by atoms with Crippen molar-refractivity contribution < 1.29 is 4.79 Å². The summed E-state index contributed by atoms with van der Waals surface area (Å²) in [6, 6.07) is 27.5. The molecule has 0 atom stereocenters. The number of aromatic nitrogens is 1. The SMILES string of the molecule is O=C(c1ccccc1)c1[nH]c(-c2ccccc2)c2ccccc12. The fraction of sp³-hybridized carbons (Fsp3) is 0. The van der Waals surface area contributed by atoms with E-state index in [0.29, 0.717) is 11.3 Å². The van der Waals surface area contributed by atoms with E-state index in [0.717, 1.165) is 22.0 Å². The lowest BCUT2D eigenvalue weighted by Crippen LogP contribution is -2.01. The summed E-state index contributed by atoms with van der Waals surface area (Å²) in [5.41, 5.74) is 3.40. The number of aromatic amines is 1. The second-order valence-corrected chi connectivity index (χ2v) is 5.48. The van der Waals surface area contributed by atoms with Gasteiger partial charge < -0.3 is 4.98 Å². The van der Waals surface area contributed by atoms with E-state index in [9.17, 15) is 4.79 Å². The number of H-pyrrole nitrogens is 1. The molecule has 0 bridgehead atoms. The fourth-order valence-corrected chi connectivity index (χ4v) is 2.92. The zero-order chi connectivity index (χ0) is 15.6. The largest absolute Gasteiger partial charge is 0.351 e. The summed E-state index contributed by atoms with van der Waals surface area (Å²) in [6.45, 7) is 0. The summed E-state index contributed by atoms with van der Waals surface area (Å²) in [6.07, 6.45) is 0. The first kappa shape index (κ1) is 13.5. The number of rotatable bonds is 3. The van der Waals surface area contributed by atoms with Crippen LogP contribution in [0.15, 0.2) is 84.9 Å². The number of nitrogens with one attached hydrogen (secondary N) is 1. The van der Waals surface area contributed by atoms with Crippen LogP contribution in [0.4, 0.5) is 0 Å². The average Bonchev–Trinajstić information content (AvgIpc) is 3.02. The van der Waals surface area contributed by atoms with Crippen molar-refractivity contribution in [2.24, 2.45) is 0 Å². The third kappa shape index (κ3) is 2.34. The third-order valence-corrected chi connectivity index (χ3v) is 4.04. The van der Waals surface area contributed by atoms with Gasteiger partial charge in [-0.25, -0.2) is 0 Å². The highest BCUT2D eigenvalue weighted by atomic mass is 16.1. The molecule has 0 spiro atoms. The summed E-state index contributed by atoms with van der Waals surface area (Å²) in [5.74, 6) is 0.0176. The first-order valence-corrected chi connectivity index (χ1v) is 7.60. The van der Waals surface area contributed by atoms with Gasteiger partial charge in [-0.1, -0.05) is 84.9 Å². The average molecular weight is 297 g/mol. The molecule has 3 aromatic carbocycles. The zero-order valence-electron chi connectivity index (χ0n) is 12.5. The molecule has 0 aliphatic carbocycles. The molecule has 0 saturated heterocycles. The molecule has 0 amide bonds. The number of fused-ring (bicyclic) bond motifs is 1. The van der Waals surface area contributed by atoms with Gasteiger partial charge >= 0.3 is 0 Å². The number of benzene rings is 3. The molecule has 4 aromatic rings. The summed E-state index contributed by atoms with van der Waals surface area (Å²) in [7, 11) is 0. The minimum absolute atomic E-state index is 0.0176. The predicted molar refractivity (Wildman–Crippen MR) is 93.6 cm³/mol. The lowest BCUT2D eigenvalue weighted by atomic mass is 10.0. The monoisotopic (exact) mass is 297 g/mol. The van der Waals surface area contributed by atoms with Crippen LogP contribution in [0.5, 0.6) is 0 Å². The molecule has 0 aliphatic heterocycles. The quantitative estimate of drug-likeness (QED) is 0.526. The minimum atomic E-state index is 0.0176. The Balaban J connectivity index is 1.94. The number of carbonyl (C=O) groups is 1. The van der Waals surface area contributed by atoms with Gasteiger partial charge in [0.25, 0.3) is 0 Å². The van der Waals surface area contributed by atoms with Crippen LogP contribution < -0.4 is 0 Å². The van der Waals surface area contributed by atoms with E-state index >= 15 is 0 Å². The zero-order valence-corrected chi connectivity index (χ0v) is 12.5. The normalized spacial score (nSPS) is 10.8. The van der Waals surface area contributed by atoms with Crippen molar-refractivity contribution in [1.29, 1.82) is 0 Å². The smallest absolute Gasteiger partial charge is 0.209 e. The van der Waals surface area contributed by atoms with Gasteiger partial charge in [0.2, 0.25) is 5.78 Å². The molecule has 0 fully saturated rings. The maximum absolute atomic E-state index is 12.9. The topological polar surface area (TPSA) is 32.9 Å². The van der Waals surface area contributed by atoms with E-state index in [2.05, 4.69) is 23.2 Å². The Kier molecular flexibility index (Phi) is 3.28. The standard InChI is InChI=1S/C21H15NO/c23-21(16-11-5-2-6-12-16)20-18-14-8-7-13-17(18)19(22-20)15-9-3-1-4-10-15/h1-14,22H. The lowest BCUT2D eigenvalue weighted by Gasteiger charge is -2.00. The lowest BCUT2D eigenvalue weighted by molar-refractivity contribution is 0.103. The van der Waals surface area contributed by atoms with Gasteiger partial charge in [-0.3, -0.25) is 4.79 Å². The molecule has 0 radical (unpaired) electrons. The van der Waals surface area contributed by atoms with E-state index < -0.39 is 0 Å². The molecule has 1 heterocycles. The van der Waals surface area contributed by atoms with Gasteiger partial charge in [0.05, 0.1) is 11.4 Å². The van der Waals surface area contributed by atoms with Crippen molar-refractivity contribution in [2.75, 3.05) is 0 Å². The van der Waals surface area contributed by atoms with Gasteiger partial charge in [0.1, 0.15) is 0 Å². The van der Waals surface area contributed by atoms with Crippen molar-refractivity contribution in [3.63, 3.8) is 0 Å². The summed E-state index contributed by atoms with van der Waals surface area (Å²) >= 11 is 0. The van der Waals surface area contributed by atoms with Crippen molar-refractivity contribution in [2.45, 2.75) is 0 Å². The highest BCUT2D eigenvalue weighted by Gasteiger charge is 2.17. The molecule has 1 N–H and O–H groups in total. The van der Waals surface area contributed by atoms with E-state index in [-0.39, 0.29) is 5.78 Å². The molecular weight excluding hydrogens is 282 g/mol. The van der Waals surface area contributed by atoms with Crippen LogP contribution in [0.3, 0.4) is 0 Å². The third-order valence-electron chi connectivity index (χ3n) is 4.04. The Morgan fingerprint density at radius 2 is 1.22 bits per heavy atom. The molecule has 0 aliphatic rings.